The Labute approximate surface area is 205 Å². The van der Waals surface area contributed by atoms with Crippen LogP contribution in [0.4, 0.5) is 18.9 Å². The number of benzene rings is 2. The van der Waals surface area contributed by atoms with Crippen molar-refractivity contribution < 1.29 is 31.2 Å². The molecule has 1 saturated heterocycles. The third-order valence-electron chi connectivity index (χ3n) is 6.12. The number of hydrogen-bond acceptors (Lipinski definition) is 5. The fourth-order valence-electron chi connectivity index (χ4n) is 4.02. The number of amides is 2. The van der Waals surface area contributed by atoms with Crippen molar-refractivity contribution in [2.45, 2.75) is 36.1 Å². The lowest BCUT2D eigenvalue weighted by molar-refractivity contribution is -0.123. The zero-order valence-corrected chi connectivity index (χ0v) is 20.5. The zero-order valence-electron chi connectivity index (χ0n) is 18.9. The molecule has 2 aliphatic rings. The van der Waals surface area contributed by atoms with Crippen LogP contribution in [0.2, 0.25) is 0 Å². The fraction of sp³-hybridized carbons (Fsp3) is 0.391. The number of anilines is 1. The average Bonchev–Trinajstić information content (AvgIpc) is 2.80. The summed E-state index contributed by atoms with van der Waals surface area (Å²) in [7, 11) is -3.78. The highest BCUT2D eigenvalue weighted by Crippen LogP contribution is 2.37. The molecule has 0 aromatic heterocycles. The van der Waals surface area contributed by atoms with Crippen molar-refractivity contribution in [2.24, 2.45) is 5.92 Å². The van der Waals surface area contributed by atoms with Crippen LogP contribution in [0.5, 0.6) is 0 Å². The number of sulfonamides is 1. The van der Waals surface area contributed by atoms with Gasteiger partial charge in [0.1, 0.15) is 24.0 Å². The van der Waals surface area contributed by atoms with E-state index in [9.17, 15) is 31.2 Å². The van der Waals surface area contributed by atoms with Crippen molar-refractivity contribution in [1.82, 2.24) is 9.62 Å². The van der Waals surface area contributed by atoms with Crippen LogP contribution in [0, 0.1) is 23.4 Å². The molecule has 0 bridgehead atoms. The van der Waals surface area contributed by atoms with E-state index in [1.165, 1.54) is 28.2 Å². The molecule has 4 rings (SSSR count). The molecule has 188 valence electrons. The first-order valence-electron chi connectivity index (χ1n) is 11.0. The number of carbonyl (C=O) groups excluding carboxylic acids is 2. The van der Waals surface area contributed by atoms with E-state index in [-0.39, 0.29) is 16.3 Å². The van der Waals surface area contributed by atoms with E-state index in [4.69, 9.17) is 0 Å². The number of nitrogens with one attached hydrogen (secondary N) is 1. The number of nitrogens with zero attached hydrogens (tertiary/aromatic N) is 2. The molecule has 2 aromatic rings. The van der Waals surface area contributed by atoms with E-state index in [1.54, 1.807) is 6.07 Å². The maximum Gasteiger partial charge on any atom is 0.243 e. The summed E-state index contributed by atoms with van der Waals surface area (Å²) in [6, 6.07) is 5.51. The van der Waals surface area contributed by atoms with Crippen molar-refractivity contribution in [3.05, 3.63) is 53.3 Å². The van der Waals surface area contributed by atoms with Gasteiger partial charge in [-0.1, -0.05) is 6.92 Å². The van der Waals surface area contributed by atoms with Gasteiger partial charge in [0.2, 0.25) is 21.8 Å². The lowest BCUT2D eigenvalue weighted by atomic mass is 10.0. The second-order valence-electron chi connectivity index (χ2n) is 8.61. The number of hydrogen-bond donors (Lipinski definition) is 1. The molecule has 12 heteroatoms. The predicted molar refractivity (Wildman–Crippen MR) is 125 cm³/mol. The number of thioether (sulfide) groups is 1. The SMILES string of the molecule is CC1CCN(S(=O)(=O)c2ccc3c(c2)N(CC(=O)NCc2c(F)cc(F)cc2F)C(=O)CS3)CC1. The van der Waals surface area contributed by atoms with E-state index in [2.05, 4.69) is 12.2 Å². The fourth-order valence-corrected chi connectivity index (χ4v) is 6.42. The van der Waals surface area contributed by atoms with Crippen LogP contribution in [0.1, 0.15) is 25.3 Å². The van der Waals surface area contributed by atoms with E-state index >= 15 is 0 Å². The molecule has 2 amide bonds. The normalized spacial score (nSPS) is 17.4. The first-order valence-corrected chi connectivity index (χ1v) is 13.5. The highest BCUT2D eigenvalue weighted by molar-refractivity contribution is 8.00. The second-order valence-corrected chi connectivity index (χ2v) is 11.6. The molecule has 0 aliphatic carbocycles. The molecule has 0 atom stereocenters. The van der Waals surface area contributed by atoms with Gasteiger partial charge in [0.25, 0.3) is 0 Å². The van der Waals surface area contributed by atoms with Crippen LogP contribution >= 0.6 is 11.8 Å². The Balaban J connectivity index is 1.52. The van der Waals surface area contributed by atoms with Gasteiger partial charge in [-0.3, -0.25) is 9.59 Å². The molecular weight excluding hydrogens is 503 g/mol. The number of carbonyl (C=O) groups is 2. The topological polar surface area (TPSA) is 86.8 Å². The van der Waals surface area contributed by atoms with E-state index in [0.29, 0.717) is 36.0 Å². The quantitative estimate of drug-likeness (QED) is 0.623. The highest BCUT2D eigenvalue weighted by atomic mass is 32.2. The van der Waals surface area contributed by atoms with Gasteiger partial charge in [0.15, 0.2) is 0 Å². The molecule has 1 N–H and O–H groups in total. The van der Waals surface area contributed by atoms with Gasteiger partial charge in [0, 0.05) is 42.2 Å². The third-order valence-corrected chi connectivity index (χ3v) is 9.07. The molecule has 35 heavy (non-hydrogen) atoms. The summed E-state index contributed by atoms with van der Waals surface area (Å²) >= 11 is 1.23. The van der Waals surface area contributed by atoms with E-state index in [1.807, 2.05) is 0 Å². The average molecular weight is 528 g/mol. The molecule has 2 aliphatic heterocycles. The predicted octanol–water partition coefficient (Wildman–Crippen LogP) is 3.28. The first-order chi connectivity index (χ1) is 16.6. The van der Waals surface area contributed by atoms with Crippen LogP contribution in [0.3, 0.4) is 0 Å². The molecule has 2 aromatic carbocycles. The third kappa shape index (κ3) is 5.49. The van der Waals surface area contributed by atoms with Gasteiger partial charge < -0.3 is 10.2 Å². The van der Waals surface area contributed by atoms with Gasteiger partial charge in [-0.25, -0.2) is 21.6 Å². The summed E-state index contributed by atoms with van der Waals surface area (Å²) in [5.74, 6) is -3.97. The number of fused-ring (bicyclic) bond motifs is 1. The van der Waals surface area contributed by atoms with Gasteiger partial charge in [-0.05, 0) is 37.0 Å². The highest BCUT2D eigenvalue weighted by Gasteiger charge is 2.32. The lowest BCUT2D eigenvalue weighted by Crippen LogP contribution is -2.43. The number of piperidine rings is 1. The zero-order chi connectivity index (χ0) is 25.3. The second kappa shape index (κ2) is 10.2. The molecule has 0 spiro atoms. The Morgan fingerprint density at radius 2 is 1.77 bits per heavy atom. The minimum absolute atomic E-state index is 0.0296. The minimum Gasteiger partial charge on any atom is -0.350 e. The number of rotatable bonds is 6. The number of halogens is 3. The molecule has 0 radical (unpaired) electrons. The van der Waals surface area contributed by atoms with Crippen LogP contribution < -0.4 is 10.2 Å². The summed E-state index contributed by atoms with van der Waals surface area (Å²) in [6.07, 6.45) is 1.53. The van der Waals surface area contributed by atoms with Crippen LogP contribution in [0.25, 0.3) is 0 Å². The van der Waals surface area contributed by atoms with Crippen molar-refractivity contribution in [3.63, 3.8) is 0 Å². The molecule has 1 fully saturated rings. The van der Waals surface area contributed by atoms with Crippen LogP contribution in [0.15, 0.2) is 40.1 Å². The van der Waals surface area contributed by atoms with Crippen molar-refractivity contribution in [2.75, 3.05) is 30.3 Å². The maximum absolute atomic E-state index is 13.9. The van der Waals surface area contributed by atoms with Gasteiger partial charge in [-0.2, -0.15) is 4.31 Å². The van der Waals surface area contributed by atoms with Crippen molar-refractivity contribution in [1.29, 1.82) is 0 Å². The van der Waals surface area contributed by atoms with Gasteiger partial charge in [-0.15, -0.1) is 11.8 Å². The van der Waals surface area contributed by atoms with Crippen LogP contribution in [-0.4, -0.2) is 49.9 Å². The first kappa shape index (κ1) is 25.5. The molecular formula is C23H24F3N3O4S2. The molecule has 0 saturated carbocycles. The maximum atomic E-state index is 13.9. The van der Waals surface area contributed by atoms with E-state index < -0.39 is 57.9 Å². The Bertz CT molecular complexity index is 1240. The Hall–Kier alpha value is -2.57. The Morgan fingerprint density at radius 1 is 1.11 bits per heavy atom. The van der Waals surface area contributed by atoms with Gasteiger partial charge >= 0.3 is 0 Å². The minimum atomic E-state index is -3.78. The van der Waals surface area contributed by atoms with Gasteiger partial charge in [0.05, 0.1) is 16.3 Å². The Morgan fingerprint density at radius 3 is 2.43 bits per heavy atom. The summed E-state index contributed by atoms with van der Waals surface area (Å²) in [6.45, 7) is 1.89. The summed E-state index contributed by atoms with van der Waals surface area (Å²) < 4.78 is 68.6. The summed E-state index contributed by atoms with van der Waals surface area (Å²) in [4.78, 5) is 27.0. The standard InChI is InChI=1S/C23H24F3N3O4S2/c1-14-4-6-28(7-5-14)35(32,33)16-2-3-21-20(10-16)29(23(31)13-34-21)12-22(30)27-11-17-18(25)8-15(24)9-19(17)26/h2-3,8-10,14H,4-7,11-13H2,1H3,(H,27,30). The summed E-state index contributed by atoms with van der Waals surface area (Å²) in [5, 5.41) is 2.33. The molecule has 0 unspecified atom stereocenters. The van der Waals surface area contributed by atoms with Crippen molar-refractivity contribution >= 4 is 39.3 Å². The van der Waals surface area contributed by atoms with Crippen LogP contribution in [-0.2, 0) is 26.2 Å². The summed E-state index contributed by atoms with van der Waals surface area (Å²) in [5.41, 5.74) is -0.225. The van der Waals surface area contributed by atoms with E-state index in [0.717, 1.165) is 17.7 Å². The monoisotopic (exact) mass is 527 g/mol. The van der Waals surface area contributed by atoms with Crippen molar-refractivity contribution in [3.8, 4) is 0 Å². The Kier molecular flexibility index (Phi) is 7.43. The molecule has 7 nitrogen and oxygen atoms in total. The largest absolute Gasteiger partial charge is 0.350 e. The molecule has 2 heterocycles. The lowest BCUT2D eigenvalue weighted by Gasteiger charge is -2.31. The smallest absolute Gasteiger partial charge is 0.243 e.